The Morgan fingerprint density at radius 1 is 0.920 bits per heavy atom. The summed E-state index contributed by atoms with van der Waals surface area (Å²) in [5.41, 5.74) is 1.14. The number of unbranched alkanes of at least 4 members (excludes halogenated alkanes) is 1. The van der Waals surface area contributed by atoms with Crippen LogP contribution in [0, 0.1) is 34.5 Å². The molecule has 6 unspecified atom stereocenters. The molecule has 6 atom stereocenters. The van der Waals surface area contributed by atoms with Crippen molar-refractivity contribution >= 4 is 11.8 Å². The lowest BCUT2D eigenvalue weighted by Crippen LogP contribution is -2.24. The molecule has 0 aromatic rings. The third kappa shape index (κ3) is 3.66. The van der Waals surface area contributed by atoms with Crippen molar-refractivity contribution < 1.29 is 14.3 Å². The standard InChI is InChI=1S/C22H34O3/c1-21-8-6-15(11-17(21)13-21)19(23)5-3-4-10-25-20(24)16-7-9-22(2)14-18(22)12-16/h15-18H,3-14H2,1-2H3. The number of carbonyl (C=O) groups is 2. The number of fused-ring (bicyclic) bond motifs is 2. The van der Waals surface area contributed by atoms with E-state index in [1.807, 2.05) is 0 Å². The van der Waals surface area contributed by atoms with Gasteiger partial charge >= 0.3 is 5.97 Å². The van der Waals surface area contributed by atoms with Crippen LogP contribution in [-0.2, 0) is 14.3 Å². The molecule has 0 aromatic heterocycles. The van der Waals surface area contributed by atoms with E-state index in [0.717, 1.165) is 50.4 Å². The van der Waals surface area contributed by atoms with Crippen molar-refractivity contribution in [3.05, 3.63) is 0 Å². The second-order valence-corrected chi connectivity index (χ2v) is 10.1. The number of Topliss-reactive ketones (excluding diaryl/α,β-unsaturated/α-hetero) is 1. The molecule has 25 heavy (non-hydrogen) atoms. The maximum Gasteiger partial charge on any atom is 0.308 e. The summed E-state index contributed by atoms with van der Waals surface area (Å²) >= 11 is 0. The van der Waals surface area contributed by atoms with Gasteiger partial charge in [-0.25, -0.2) is 0 Å². The Labute approximate surface area is 152 Å². The third-order valence-electron chi connectivity index (χ3n) is 8.19. The second kappa shape index (κ2) is 6.39. The average Bonchev–Trinajstić information content (AvgIpc) is 3.45. The molecule has 4 rings (SSSR count). The van der Waals surface area contributed by atoms with Gasteiger partial charge in [0.15, 0.2) is 0 Å². The van der Waals surface area contributed by atoms with Crippen molar-refractivity contribution in [1.82, 2.24) is 0 Å². The van der Waals surface area contributed by atoms with Gasteiger partial charge in [-0.15, -0.1) is 0 Å². The van der Waals surface area contributed by atoms with Crippen LogP contribution in [0.5, 0.6) is 0 Å². The molecule has 0 heterocycles. The monoisotopic (exact) mass is 346 g/mol. The molecule has 0 aliphatic heterocycles. The van der Waals surface area contributed by atoms with Crippen LogP contribution in [0.25, 0.3) is 0 Å². The first kappa shape index (κ1) is 17.5. The number of rotatable bonds is 7. The van der Waals surface area contributed by atoms with Crippen molar-refractivity contribution in [2.45, 2.75) is 84.5 Å². The zero-order chi connectivity index (χ0) is 17.7. The van der Waals surface area contributed by atoms with Crippen LogP contribution in [0.4, 0.5) is 0 Å². The zero-order valence-corrected chi connectivity index (χ0v) is 16.0. The maximum absolute atomic E-state index is 12.4. The number of ether oxygens (including phenoxy) is 1. The predicted octanol–water partition coefficient (Wildman–Crippen LogP) is 4.92. The molecule has 0 aromatic carbocycles. The van der Waals surface area contributed by atoms with E-state index >= 15 is 0 Å². The SMILES string of the molecule is CC12CCC(C(=O)CCCCOC(=O)C3CCC4(C)CC4C3)CC1C2. The van der Waals surface area contributed by atoms with E-state index in [9.17, 15) is 9.59 Å². The van der Waals surface area contributed by atoms with Crippen LogP contribution in [0.3, 0.4) is 0 Å². The minimum absolute atomic E-state index is 0.0144. The molecule has 4 saturated carbocycles. The van der Waals surface area contributed by atoms with E-state index in [4.69, 9.17) is 4.74 Å². The summed E-state index contributed by atoms with van der Waals surface area (Å²) in [5, 5.41) is 0. The molecule has 0 spiro atoms. The van der Waals surface area contributed by atoms with E-state index in [-0.39, 0.29) is 11.9 Å². The van der Waals surface area contributed by atoms with Gasteiger partial charge in [-0.3, -0.25) is 9.59 Å². The fourth-order valence-electron chi connectivity index (χ4n) is 5.69. The van der Waals surface area contributed by atoms with Crippen LogP contribution in [0.2, 0.25) is 0 Å². The molecule has 140 valence electrons. The van der Waals surface area contributed by atoms with Crippen molar-refractivity contribution in [2.75, 3.05) is 6.61 Å². The summed E-state index contributed by atoms with van der Waals surface area (Å²) in [6, 6.07) is 0. The number of esters is 1. The third-order valence-corrected chi connectivity index (χ3v) is 8.19. The molecular weight excluding hydrogens is 312 g/mol. The molecule has 4 aliphatic carbocycles. The minimum atomic E-state index is 0.0144. The molecule has 3 heteroatoms. The van der Waals surface area contributed by atoms with Gasteiger partial charge in [0.05, 0.1) is 12.5 Å². The van der Waals surface area contributed by atoms with E-state index in [1.165, 1.54) is 25.7 Å². The Morgan fingerprint density at radius 2 is 1.52 bits per heavy atom. The van der Waals surface area contributed by atoms with Crippen LogP contribution in [0.1, 0.15) is 84.5 Å². The molecule has 0 saturated heterocycles. The van der Waals surface area contributed by atoms with Gasteiger partial charge in [0.1, 0.15) is 5.78 Å². The van der Waals surface area contributed by atoms with E-state index in [1.54, 1.807) is 0 Å². The lowest BCUT2D eigenvalue weighted by Gasteiger charge is -2.25. The Kier molecular flexibility index (Phi) is 4.48. The summed E-state index contributed by atoms with van der Waals surface area (Å²) in [4.78, 5) is 24.6. The Hall–Kier alpha value is -0.860. The first-order valence-electron chi connectivity index (χ1n) is 10.6. The largest absolute Gasteiger partial charge is 0.465 e. The van der Waals surface area contributed by atoms with E-state index in [2.05, 4.69) is 13.8 Å². The fraction of sp³-hybridized carbons (Fsp3) is 0.909. The zero-order valence-electron chi connectivity index (χ0n) is 16.0. The van der Waals surface area contributed by atoms with Gasteiger partial charge < -0.3 is 4.74 Å². The molecular formula is C22H34O3. The minimum Gasteiger partial charge on any atom is -0.465 e. The Morgan fingerprint density at radius 3 is 2.16 bits per heavy atom. The molecule has 0 bridgehead atoms. The topological polar surface area (TPSA) is 43.4 Å². The highest BCUT2D eigenvalue weighted by atomic mass is 16.5. The lowest BCUT2D eigenvalue weighted by atomic mass is 9.80. The predicted molar refractivity (Wildman–Crippen MR) is 96.9 cm³/mol. The molecule has 3 nitrogen and oxygen atoms in total. The maximum atomic E-state index is 12.4. The summed E-state index contributed by atoms with van der Waals surface area (Å²) in [6.45, 7) is 5.23. The van der Waals surface area contributed by atoms with Gasteiger partial charge in [-0.1, -0.05) is 13.8 Å². The van der Waals surface area contributed by atoms with Crippen LogP contribution in [-0.4, -0.2) is 18.4 Å². The Bertz CT molecular complexity index is 507. The highest BCUT2D eigenvalue weighted by molar-refractivity contribution is 5.81. The van der Waals surface area contributed by atoms with Crippen LogP contribution >= 0.6 is 0 Å². The van der Waals surface area contributed by atoms with Crippen molar-refractivity contribution in [3.8, 4) is 0 Å². The van der Waals surface area contributed by atoms with Crippen molar-refractivity contribution in [1.29, 1.82) is 0 Å². The highest BCUT2D eigenvalue weighted by Crippen LogP contribution is 2.63. The Balaban J connectivity index is 1.08. The summed E-state index contributed by atoms with van der Waals surface area (Å²) < 4.78 is 5.50. The highest BCUT2D eigenvalue weighted by Gasteiger charge is 2.54. The fourth-order valence-corrected chi connectivity index (χ4v) is 5.69. The summed E-state index contributed by atoms with van der Waals surface area (Å²) in [6.07, 6.45) is 11.7. The van der Waals surface area contributed by atoms with Crippen molar-refractivity contribution in [2.24, 2.45) is 34.5 Å². The molecule has 0 amide bonds. The van der Waals surface area contributed by atoms with Crippen molar-refractivity contribution in [3.63, 3.8) is 0 Å². The summed E-state index contributed by atoms with van der Waals surface area (Å²) in [7, 11) is 0. The lowest BCUT2D eigenvalue weighted by molar-refractivity contribution is -0.150. The van der Waals surface area contributed by atoms with Gasteiger partial charge in [0.2, 0.25) is 0 Å². The number of hydrogen-bond acceptors (Lipinski definition) is 3. The van der Waals surface area contributed by atoms with Crippen LogP contribution in [0.15, 0.2) is 0 Å². The van der Waals surface area contributed by atoms with Gasteiger partial charge in [-0.2, -0.15) is 0 Å². The normalized spacial score (nSPS) is 44.4. The van der Waals surface area contributed by atoms with Gasteiger partial charge in [-0.05, 0) is 86.9 Å². The number of ketones is 1. The van der Waals surface area contributed by atoms with E-state index < -0.39 is 0 Å². The van der Waals surface area contributed by atoms with Gasteiger partial charge in [0, 0.05) is 12.3 Å². The summed E-state index contributed by atoms with van der Waals surface area (Å²) in [5.74, 6) is 2.51. The first-order chi connectivity index (χ1) is 11.9. The van der Waals surface area contributed by atoms with Gasteiger partial charge in [0.25, 0.3) is 0 Å². The molecule has 4 aliphatic rings. The second-order valence-electron chi connectivity index (χ2n) is 10.1. The molecule has 4 fully saturated rings. The first-order valence-corrected chi connectivity index (χ1v) is 10.6. The number of hydrogen-bond donors (Lipinski definition) is 0. The molecule has 0 N–H and O–H groups in total. The van der Waals surface area contributed by atoms with Crippen LogP contribution < -0.4 is 0 Å². The molecule has 0 radical (unpaired) electrons. The average molecular weight is 347 g/mol. The quantitative estimate of drug-likeness (QED) is 0.485. The van der Waals surface area contributed by atoms with E-state index in [0.29, 0.717) is 35.6 Å². The smallest absolute Gasteiger partial charge is 0.308 e. The number of carbonyl (C=O) groups excluding carboxylic acids is 2.